The highest BCUT2D eigenvalue weighted by molar-refractivity contribution is 5.96. The molecule has 0 aliphatic heterocycles. The van der Waals surface area contributed by atoms with Crippen molar-refractivity contribution in [2.75, 3.05) is 27.2 Å². The van der Waals surface area contributed by atoms with E-state index in [9.17, 15) is 9.18 Å². The van der Waals surface area contributed by atoms with E-state index in [-0.39, 0.29) is 5.78 Å². The van der Waals surface area contributed by atoms with Gasteiger partial charge in [-0.3, -0.25) is 4.79 Å². The summed E-state index contributed by atoms with van der Waals surface area (Å²) in [6, 6.07) is 3.98. The van der Waals surface area contributed by atoms with Gasteiger partial charge in [0.2, 0.25) is 0 Å². The number of halogens is 1. The molecule has 0 amide bonds. The predicted molar refractivity (Wildman–Crippen MR) is 65.1 cm³/mol. The van der Waals surface area contributed by atoms with E-state index < -0.39 is 5.82 Å². The third-order valence-corrected chi connectivity index (χ3v) is 2.33. The first-order chi connectivity index (χ1) is 8.00. The fraction of sp³-hybridized carbons (Fsp3) is 0.462. The maximum absolute atomic E-state index is 13.0. The molecule has 0 unspecified atom stereocenters. The molecule has 0 saturated carbocycles. The van der Waals surface area contributed by atoms with Crippen molar-refractivity contribution in [1.82, 2.24) is 4.90 Å². The molecular formula is C13H18FNO2. The van der Waals surface area contributed by atoms with Gasteiger partial charge in [-0.15, -0.1) is 0 Å². The largest absolute Gasteiger partial charge is 0.493 e. The lowest BCUT2D eigenvalue weighted by Crippen LogP contribution is -2.16. The van der Waals surface area contributed by atoms with Gasteiger partial charge < -0.3 is 9.64 Å². The van der Waals surface area contributed by atoms with Crippen LogP contribution in [-0.2, 0) is 0 Å². The van der Waals surface area contributed by atoms with Gasteiger partial charge in [-0.1, -0.05) is 0 Å². The summed E-state index contributed by atoms with van der Waals surface area (Å²) in [4.78, 5) is 13.4. The SMILES string of the molecule is CC(=O)c1ccc(F)cc1OCCCN(C)C. The molecule has 0 atom stereocenters. The molecular weight excluding hydrogens is 221 g/mol. The monoisotopic (exact) mass is 239 g/mol. The third-order valence-electron chi connectivity index (χ3n) is 2.33. The van der Waals surface area contributed by atoms with Crippen LogP contribution in [0.5, 0.6) is 5.75 Å². The van der Waals surface area contributed by atoms with Crippen LogP contribution in [-0.4, -0.2) is 37.9 Å². The molecule has 0 aliphatic rings. The Bertz CT molecular complexity index is 391. The molecule has 0 bridgehead atoms. The summed E-state index contributed by atoms with van der Waals surface area (Å²) in [5.41, 5.74) is 0.427. The Labute approximate surface area is 101 Å². The van der Waals surface area contributed by atoms with Crippen molar-refractivity contribution in [2.24, 2.45) is 0 Å². The van der Waals surface area contributed by atoms with Crippen molar-refractivity contribution in [3.05, 3.63) is 29.6 Å². The second kappa shape index (κ2) is 6.35. The zero-order valence-electron chi connectivity index (χ0n) is 10.5. The minimum absolute atomic E-state index is 0.118. The quantitative estimate of drug-likeness (QED) is 0.564. The molecule has 0 heterocycles. The predicted octanol–water partition coefficient (Wildman–Crippen LogP) is 2.36. The number of nitrogens with zero attached hydrogens (tertiary/aromatic N) is 1. The Kier molecular flexibility index (Phi) is 5.10. The fourth-order valence-electron chi connectivity index (χ4n) is 1.47. The van der Waals surface area contributed by atoms with Crippen molar-refractivity contribution in [3.8, 4) is 5.75 Å². The number of benzene rings is 1. The van der Waals surface area contributed by atoms with Crippen LogP contribution in [0, 0.1) is 5.82 Å². The number of ether oxygens (including phenoxy) is 1. The first-order valence-corrected chi connectivity index (χ1v) is 5.58. The number of ketones is 1. The number of hydrogen-bond donors (Lipinski definition) is 0. The number of carbonyl (C=O) groups is 1. The Morgan fingerprint density at radius 3 is 2.71 bits per heavy atom. The smallest absolute Gasteiger partial charge is 0.163 e. The number of hydrogen-bond acceptors (Lipinski definition) is 3. The van der Waals surface area contributed by atoms with Crippen LogP contribution >= 0.6 is 0 Å². The van der Waals surface area contributed by atoms with Crippen LogP contribution in [0.25, 0.3) is 0 Å². The molecule has 0 saturated heterocycles. The third kappa shape index (κ3) is 4.53. The average Bonchev–Trinajstić information content (AvgIpc) is 2.23. The summed E-state index contributed by atoms with van der Waals surface area (Å²) < 4.78 is 18.5. The minimum atomic E-state index is -0.391. The van der Waals surface area contributed by atoms with Crippen LogP contribution < -0.4 is 4.74 Å². The second-order valence-corrected chi connectivity index (χ2v) is 4.20. The number of rotatable bonds is 6. The van der Waals surface area contributed by atoms with Gasteiger partial charge in [-0.25, -0.2) is 4.39 Å². The maximum atomic E-state index is 13.0. The normalized spacial score (nSPS) is 10.6. The number of carbonyl (C=O) groups excluding carboxylic acids is 1. The maximum Gasteiger partial charge on any atom is 0.163 e. The lowest BCUT2D eigenvalue weighted by Gasteiger charge is -2.12. The fourth-order valence-corrected chi connectivity index (χ4v) is 1.47. The Morgan fingerprint density at radius 2 is 2.12 bits per heavy atom. The van der Waals surface area contributed by atoms with E-state index in [0.29, 0.717) is 17.9 Å². The lowest BCUT2D eigenvalue weighted by molar-refractivity contribution is 0.101. The Balaban J connectivity index is 2.62. The van der Waals surface area contributed by atoms with Gasteiger partial charge in [-0.2, -0.15) is 0 Å². The van der Waals surface area contributed by atoms with Crippen LogP contribution in [0.3, 0.4) is 0 Å². The van der Waals surface area contributed by atoms with E-state index in [4.69, 9.17) is 4.74 Å². The van der Waals surface area contributed by atoms with Gasteiger partial charge in [0.25, 0.3) is 0 Å². The molecule has 94 valence electrons. The zero-order chi connectivity index (χ0) is 12.8. The van der Waals surface area contributed by atoms with Crippen molar-refractivity contribution in [2.45, 2.75) is 13.3 Å². The van der Waals surface area contributed by atoms with Gasteiger partial charge in [-0.05, 0) is 39.6 Å². The van der Waals surface area contributed by atoms with E-state index in [2.05, 4.69) is 0 Å². The molecule has 3 nitrogen and oxygen atoms in total. The van der Waals surface area contributed by atoms with Crippen molar-refractivity contribution >= 4 is 5.78 Å². The van der Waals surface area contributed by atoms with Gasteiger partial charge >= 0.3 is 0 Å². The van der Waals surface area contributed by atoms with Crippen molar-refractivity contribution < 1.29 is 13.9 Å². The molecule has 0 N–H and O–H groups in total. The van der Waals surface area contributed by atoms with E-state index >= 15 is 0 Å². The van der Waals surface area contributed by atoms with Crippen LogP contribution in [0.4, 0.5) is 4.39 Å². The standard InChI is InChI=1S/C13H18FNO2/c1-10(16)12-6-5-11(14)9-13(12)17-8-4-7-15(2)3/h5-6,9H,4,7-8H2,1-3H3. The van der Waals surface area contributed by atoms with Crippen LogP contribution in [0.2, 0.25) is 0 Å². The minimum Gasteiger partial charge on any atom is -0.493 e. The molecule has 0 aliphatic carbocycles. The second-order valence-electron chi connectivity index (χ2n) is 4.20. The highest BCUT2D eigenvalue weighted by atomic mass is 19.1. The van der Waals surface area contributed by atoms with E-state index in [0.717, 1.165) is 13.0 Å². The van der Waals surface area contributed by atoms with Gasteiger partial charge in [0, 0.05) is 12.6 Å². The van der Waals surface area contributed by atoms with Gasteiger partial charge in [0.15, 0.2) is 5.78 Å². The van der Waals surface area contributed by atoms with Crippen molar-refractivity contribution in [1.29, 1.82) is 0 Å². The molecule has 0 radical (unpaired) electrons. The van der Waals surface area contributed by atoms with E-state index in [1.807, 2.05) is 19.0 Å². The van der Waals surface area contributed by atoms with E-state index in [1.54, 1.807) is 0 Å². The molecule has 1 aromatic rings. The highest BCUT2D eigenvalue weighted by Crippen LogP contribution is 2.20. The first-order valence-electron chi connectivity index (χ1n) is 5.58. The number of Topliss-reactive ketones (excluding diaryl/α,β-unsaturated/α-hetero) is 1. The highest BCUT2D eigenvalue weighted by Gasteiger charge is 2.09. The lowest BCUT2D eigenvalue weighted by atomic mass is 10.1. The zero-order valence-corrected chi connectivity index (χ0v) is 10.5. The topological polar surface area (TPSA) is 29.5 Å². The summed E-state index contributed by atoms with van der Waals surface area (Å²) in [6.07, 6.45) is 0.834. The average molecular weight is 239 g/mol. The Morgan fingerprint density at radius 1 is 1.41 bits per heavy atom. The summed E-state index contributed by atoms with van der Waals surface area (Å²) >= 11 is 0. The summed E-state index contributed by atoms with van der Waals surface area (Å²) in [5, 5.41) is 0. The first kappa shape index (κ1) is 13.6. The van der Waals surface area contributed by atoms with Gasteiger partial charge in [0.1, 0.15) is 11.6 Å². The van der Waals surface area contributed by atoms with E-state index in [1.165, 1.54) is 25.1 Å². The van der Waals surface area contributed by atoms with Crippen LogP contribution in [0.15, 0.2) is 18.2 Å². The molecule has 0 spiro atoms. The van der Waals surface area contributed by atoms with Crippen LogP contribution in [0.1, 0.15) is 23.7 Å². The molecule has 17 heavy (non-hydrogen) atoms. The molecule has 1 rings (SSSR count). The van der Waals surface area contributed by atoms with Crippen molar-refractivity contribution in [3.63, 3.8) is 0 Å². The molecule has 4 heteroatoms. The summed E-state index contributed by atoms with van der Waals surface area (Å²) in [6.45, 7) is 2.81. The molecule has 1 aromatic carbocycles. The molecule has 0 aromatic heterocycles. The Hall–Kier alpha value is -1.42. The summed E-state index contributed by atoms with van der Waals surface area (Å²) in [5.74, 6) is -0.179. The molecule has 0 fully saturated rings. The van der Waals surface area contributed by atoms with Gasteiger partial charge in [0.05, 0.1) is 12.2 Å². The summed E-state index contributed by atoms with van der Waals surface area (Å²) in [7, 11) is 3.95.